The third-order valence-corrected chi connectivity index (χ3v) is 1.55. The third kappa shape index (κ3) is 2.16. The minimum atomic E-state index is -0.324. The van der Waals surface area contributed by atoms with Crippen LogP contribution in [-0.2, 0) is 4.84 Å². The fourth-order valence-electron chi connectivity index (χ4n) is 0.815. The van der Waals surface area contributed by atoms with E-state index in [0.717, 1.165) is 5.06 Å². The normalized spacial score (nSPS) is 9.69. The molecule has 0 aromatic carbocycles. The average molecular weight is 181 g/mol. The Morgan fingerprint density at radius 1 is 1.62 bits per heavy atom. The number of carbonyl (C=O) groups excluding carboxylic acids is 1. The van der Waals surface area contributed by atoms with Crippen molar-refractivity contribution in [2.75, 3.05) is 19.9 Å². The summed E-state index contributed by atoms with van der Waals surface area (Å²) in [6, 6.07) is 4.86. The third-order valence-electron chi connectivity index (χ3n) is 1.55. The lowest BCUT2D eigenvalue weighted by Crippen LogP contribution is -2.26. The number of pyridine rings is 1. The Hall–Kier alpha value is -1.62. The van der Waals surface area contributed by atoms with Crippen molar-refractivity contribution in [2.24, 2.45) is 0 Å². The highest BCUT2D eigenvalue weighted by Crippen LogP contribution is 2.03. The van der Waals surface area contributed by atoms with Gasteiger partial charge in [0.15, 0.2) is 0 Å². The fraction of sp³-hybridized carbons (Fsp3) is 0.250. The molecule has 0 radical (unpaired) electrons. The van der Waals surface area contributed by atoms with Gasteiger partial charge >= 0.3 is 0 Å². The first kappa shape index (κ1) is 9.47. The molecule has 0 fully saturated rings. The summed E-state index contributed by atoms with van der Waals surface area (Å²) in [6.07, 6.45) is 0. The van der Waals surface area contributed by atoms with Crippen molar-refractivity contribution in [3.05, 3.63) is 23.9 Å². The van der Waals surface area contributed by atoms with Crippen molar-refractivity contribution < 1.29 is 9.63 Å². The molecule has 0 saturated heterocycles. The van der Waals surface area contributed by atoms with E-state index in [0.29, 0.717) is 5.82 Å². The summed E-state index contributed by atoms with van der Waals surface area (Å²) in [7, 11) is 2.91. The van der Waals surface area contributed by atoms with Crippen molar-refractivity contribution in [3.8, 4) is 0 Å². The zero-order valence-corrected chi connectivity index (χ0v) is 7.52. The molecular formula is C8H11N3O2. The Balaban J connectivity index is 2.89. The van der Waals surface area contributed by atoms with Gasteiger partial charge in [-0.2, -0.15) is 0 Å². The van der Waals surface area contributed by atoms with E-state index < -0.39 is 0 Å². The number of amides is 1. The summed E-state index contributed by atoms with van der Waals surface area (Å²) in [5.41, 5.74) is 5.68. The summed E-state index contributed by atoms with van der Waals surface area (Å²) in [4.78, 5) is 20.0. The molecular weight excluding hydrogens is 170 g/mol. The monoisotopic (exact) mass is 181 g/mol. The Kier molecular flexibility index (Phi) is 2.81. The molecule has 0 bridgehead atoms. The van der Waals surface area contributed by atoms with Crippen LogP contribution in [0.25, 0.3) is 0 Å². The van der Waals surface area contributed by atoms with Crippen molar-refractivity contribution in [1.29, 1.82) is 0 Å². The van der Waals surface area contributed by atoms with E-state index in [1.165, 1.54) is 14.2 Å². The van der Waals surface area contributed by atoms with Gasteiger partial charge in [-0.15, -0.1) is 0 Å². The second-order valence-electron chi connectivity index (χ2n) is 2.43. The van der Waals surface area contributed by atoms with E-state index in [-0.39, 0.29) is 11.6 Å². The van der Waals surface area contributed by atoms with E-state index in [2.05, 4.69) is 4.98 Å². The van der Waals surface area contributed by atoms with E-state index in [4.69, 9.17) is 10.6 Å². The zero-order valence-electron chi connectivity index (χ0n) is 7.52. The summed E-state index contributed by atoms with van der Waals surface area (Å²) in [5.74, 6) is -0.00912. The van der Waals surface area contributed by atoms with Gasteiger partial charge in [0.05, 0.1) is 7.11 Å². The number of hydroxylamine groups is 2. The van der Waals surface area contributed by atoms with Crippen LogP contribution in [0, 0.1) is 0 Å². The van der Waals surface area contributed by atoms with E-state index in [1.807, 2.05) is 0 Å². The lowest BCUT2D eigenvalue weighted by atomic mass is 10.3. The van der Waals surface area contributed by atoms with E-state index in [1.54, 1.807) is 18.2 Å². The molecule has 0 unspecified atom stereocenters. The molecule has 1 aromatic rings. The highest BCUT2D eigenvalue weighted by molar-refractivity contribution is 5.91. The van der Waals surface area contributed by atoms with Gasteiger partial charge in [0.2, 0.25) is 0 Å². The second-order valence-corrected chi connectivity index (χ2v) is 2.43. The standard InChI is InChI=1S/C8H11N3O2/c1-11(13-2)8(12)6-4-3-5-7(9)10-6/h3-5H,1-2H3,(H2,9,10). The summed E-state index contributed by atoms with van der Waals surface area (Å²) in [6.45, 7) is 0. The minimum absolute atomic E-state index is 0.268. The molecule has 70 valence electrons. The van der Waals surface area contributed by atoms with Gasteiger partial charge in [-0.25, -0.2) is 10.0 Å². The van der Waals surface area contributed by atoms with Gasteiger partial charge in [0.25, 0.3) is 5.91 Å². The predicted molar refractivity (Wildman–Crippen MR) is 47.8 cm³/mol. The maximum Gasteiger partial charge on any atom is 0.295 e. The molecule has 1 heterocycles. The smallest absolute Gasteiger partial charge is 0.295 e. The average Bonchev–Trinajstić information content (AvgIpc) is 2.15. The van der Waals surface area contributed by atoms with Crippen LogP contribution in [0.3, 0.4) is 0 Å². The Bertz CT molecular complexity index is 314. The topological polar surface area (TPSA) is 68.5 Å². The maximum absolute atomic E-state index is 11.4. The van der Waals surface area contributed by atoms with Crippen LogP contribution in [0.1, 0.15) is 10.5 Å². The van der Waals surface area contributed by atoms with Crippen LogP contribution in [0.5, 0.6) is 0 Å². The SMILES string of the molecule is CON(C)C(=O)c1cccc(N)n1. The molecule has 5 heteroatoms. The van der Waals surface area contributed by atoms with Crippen LogP contribution >= 0.6 is 0 Å². The van der Waals surface area contributed by atoms with Gasteiger partial charge < -0.3 is 5.73 Å². The number of nitrogen functional groups attached to an aromatic ring is 1. The molecule has 2 N–H and O–H groups in total. The number of rotatable bonds is 2. The van der Waals surface area contributed by atoms with Crippen LogP contribution in [-0.4, -0.2) is 30.1 Å². The summed E-state index contributed by atoms with van der Waals surface area (Å²) >= 11 is 0. The number of hydrogen-bond donors (Lipinski definition) is 1. The zero-order chi connectivity index (χ0) is 9.84. The first-order valence-corrected chi connectivity index (χ1v) is 3.70. The van der Waals surface area contributed by atoms with Crippen molar-refractivity contribution in [3.63, 3.8) is 0 Å². The molecule has 5 nitrogen and oxygen atoms in total. The van der Waals surface area contributed by atoms with Crippen molar-refractivity contribution in [2.45, 2.75) is 0 Å². The summed E-state index contributed by atoms with van der Waals surface area (Å²) in [5, 5.41) is 1.09. The van der Waals surface area contributed by atoms with Gasteiger partial charge in [-0.05, 0) is 12.1 Å². The lowest BCUT2D eigenvalue weighted by Gasteiger charge is -2.12. The van der Waals surface area contributed by atoms with Crippen LogP contribution in [0.4, 0.5) is 5.82 Å². The molecule has 0 atom stereocenters. The van der Waals surface area contributed by atoms with Crippen LogP contribution in [0.15, 0.2) is 18.2 Å². The minimum Gasteiger partial charge on any atom is -0.384 e. The fourth-order valence-corrected chi connectivity index (χ4v) is 0.815. The molecule has 0 saturated carbocycles. The number of carbonyl (C=O) groups is 1. The Morgan fingerprint density at radius 2 is 2.31 bits per heavy atom. The maximum atomic E-state index is 11.4. The Morgan fingerprint density at radius 3 is 2.85 bits per heavy atom. The molecule has 0 aliphatic rings. The number of hydrogen-bond acceptors (Lipinski definition) is 4. The Labute approximate surface area is 76.1 Å². The highest BCUT2D eigenvalue weighted by atomic mass is 16.7. The number of nitrogens with two attached hydrogens (primary N) is 1. The van der Waals surface area contributed by atoms with Crippen LogP contribution in [0.2, 0.25) is 0 Å². The highest BCUT2D eigenvalue weighted by Gasteiger charge is 2.12. The molecule has 0 aliphatic heterocycles. The quantitative estimate of drug-likeness (QED) is 0.666. The predicted octanol–water partition coefficient (Wildman–Crippen LogP) is 0.297. The van der Waals surface area contributed by atoms with Crippen LogP contribution < -0.4 is 5.73 Å². The van der Waals surface area contributed by atoms with E-state index >= 15 is 0 Å². The van der Waals surface area contributed by atoms with Crippen molar-refractivity contribution in [1.82, 2.24) is 10.0 Å². The lowest BCUT2D eigenvalue weighted by molar-refractivity contribution is -0.0760. The van der Waals surface area contributed by atoms with Gasteiger partial charge in [-0.1, -0.05) is 6.07 Å². The molecule has 1 rings (SSSR count). The van der Waals surface area contributed by atoms with Gasteiger partial charge in [-0.3, -0.25) is 9.63 Å². The number of aromatic nitrogens is 1. The van der Waals surface area contributed by atoms with Gasteiger partial charge in [0.1, 0.15) is 11.5 Å². The first-order valence-electron chi connectivity index (χ1n) is 3.70. The molecule has 13 heavy (non-hydrogen) atoms. The van der Waals surface area contributed by atoms with Crippen molar-refractivity contribution >= 4 is 11.7 Å². The molecule has 1 aromatic heterocycles. The summed E-state index contributed by atoms with van der Waals surface area (Å²) < 4.78 is 0. The number of anilines is 1. The second kappa shape index (κ2) is 3.86. The van der Waals surface area contributed by atoms with E-state index in [9.17, 15) is 4.79 Å². The molecule has 1 amide bonds. The molecule has 0 aliphatic carbocycles. The largest absolute Gasteiger partial charge is 0.384 e. The molecule has 0 spiro atoms. The first-order chi connectivity index (χ1) is 6.15. The number of nitrogens with zero attached hydrogens (tertiary/aromatic N) is 2. The van der Waals surface area contributed by atoms with Gasteiger partial charge in [0, 0.05) is 7.05 Å².